The molecule has 0 saturated heterocycles. The SMILES string of the molecule is BrCCc1ccc2c(c1)CCC2. The fourth-order valence-electron chi connectivity index (χ4n) is 1.89. The second-order valence-corrected chi connectivity index (χ2v) is 4.19. The summed E-state index contributed by atoms with van der Waals surface area (Å²) in [7, 11) is 0. The summed E-state index contributed by atoms with van der Waals surface area (Å²) in [5.41, 5.74) is 4.65. The van der Waals surface area contributed by atoms with Crippen molar-refractivity contribution in [1.82, 2.24) is 0 Å². The van der Waals surface area contributed by atoms with E-state index in [1.165, 1.54) is 24.8 Å². The van der Waals surface area contributed by atoms with Gasteiger partial charge in [0.1, 0.15) is 0 Å². The van der Waals surface area contributed by atoms with Crippen LogP contribution in [0.5, 0.6) is 0 Å². The first-order valence-corrected chi connectivity index (χ1v) is 5.69. The van der Waals surface area contributed by atoms with Crippen molar-refractivity contribution in [3.63, 3.8) is 0 Å². The van der Waals surface area contributed by atoms with Crippen LogP contribution in [0.1, 0.15) is 23.1 Å². The van der Waals surface area contributed by atoms with Crippen molar-refractivity contribution in [2.75, 3.05) is 5.33 Å². The smallest absolute Gasteiger partial charge is 0.00718 e. The van der Waals surface area contributed by atoms with Crippen molar-refractivity contribution in [1.29, 1.82) is 0 Å². The van der Waals surface area contributed by atoms with E-state index in [1.807, 2.05) is 0 Å². The Morgan fingerprint density at radius 2 is 2.00 bits per heavy atom. The average molecular weight is 225 g/mol. The molecule has 0 atom stereocenters. The van der Waals surface area contributed by atoms with E-state index in [0.717, 1.165) is 11.8 Å². The summed E-state index contributed by atoms with van der Waals surface area (Å²) in [6, 6.07) is 6.95. The molecule has 2 rings (SSSR count). The van der Waals surface area contributed by atoms with Crippen molar-refractivity contribution in [3.05, 3.63) is 34.9 Å². The quantitative estimate of drug-likeness (QED) is 0.678. The summed E-state index contributed by atoms with van der Waals surface area (Å²) in [5.74, 6) is 0. The van der Waals surface area contributed by atoms with E-state index in [0.29, 0.717) is 0 Å². The monoisotopic (exact) mass is 224 g/mol. The molecule has 1 aliphatic carbocycles. The molecule has 0 aromatic heterocycles. The van der Waals surface area contributed by atoms with Crippen molar-refractivity contribution < 1.29 is 0 Å². The molecule has 0 saturated carbocycles. The number of halogens is 1. The summed E-state index contributed by atoms with van der Waals surface area (Å²) < 4.78 is 0. The molecule has 0 heterocycles. The highest BCUT2D eigenvalue weighted by molar-refractivity contribution is 9.09. The summed E-state index contributed by atoms with van der Waals surface area (Å²) in [6.45, 7) is 0. The van der Waals surface area contributed by atoms with Gasteiger partial charge in [-0.1, -0.05) is 34.1 Å². The number of benzene rings is 1. The first-order chi connectivity index (χ1) is 5.90. The molecule has 0 amide bonds. The zero-order valence-corrected chi connectivity index (χ0v) is 8.73. The second-order valence-electron chi connectivity index (χ2n) is 3.40. The van der Waals surface area contributed by atoms with E-state index in [9.17, 15) is 0 Å². The molecule has 0 radical (unpaired) electrons. The van der Waals surface area contributed by atoms with Gasteiger partial charge in [-0.15, -0.1) is 0 Å². The van der Waals surface area contributed by atoms with Crippen LogP contribution in [-0.2, 0) is 19.3 Å². The minimum Gasteiger partial charge on any atom is -0.0924 e. The molecule has 1 aromatic carbocycles. The van der Waals surface area contributed by atoms with Gasteiger partial charge in [0.05, 0.1) is 0 Å². The topological polar surface area (TPSA) is 0 Å². The standard InChI is InChI=1S/C11H13Br/c12-7-6-9-4-5-10-2-1-3-11(10)8-9/h4-5,8H,1-3,6-7H2. The van der Waals surface area contributed by atoms with Crippen LogP contribution in [0, 0.1) is 0 Å². The van der Waals surface area contributed by atoms with Crippen LogP contribution in [-0.4, -0.2) is 5.33 Å². The Morgan fingerprint density at radius 1 is 1.17 bits per heavy atom. The van der Waals surface area contributed by atoms with E-state index in [2.05, 4.69) is 34.1 Å². The molecule has 64 valence electrons. The Bertz CT molecular complexity index is 278. The highest BCUT2D eigenvalue weighted by atomic mass is 79.9. The molecule has 0 nitrogen and oxygen atoms in total. The van der Waals surface area contributed by atoms with Crippen LogP contribution in [0.15, 0.2) is 18.2 Å². The average Bonchev–Trinajstić information content (AvgIpc) is 2.51. The molecule has 1 aromatic rings. The summed E-state index contributed by atoms with van der Waals surface area (Å²) >= 11 is 3.47. The summed E-state index contributed by atoms with van der Waals surface area (Å²) in [4.78, 5) is 0. The molecule has 0 unspecified atom stereocenters. The minimum atomic E-state index is 1.08. The molecule has 0 fully saturated rings. The Morgan fingerprint density at radius 3 is 2.83 bits per heavy atom. The van der Waals surface area contributed by atoms with Crippen LogP contribution < -0.4 is 0 Å². The maximum absolute atomic E-state index is 3.47. The van der Waals surface area contributed by atoms with Gasteiger partial charge in [0, 0.05) is 5.33 Å². The zero-order chi connectivity index (χ0) is 8.39. The van der Waals surface area contributed by atoms with Gasteiger partial charge in [-0.3, -0.25) is 0 Å². The van der Waals surface area contributed by atoms with Gasteiger partial charge >= 0.3 is 0 Å². The van der Waals surface area contributed by atoms with Crippen molar-refractivity contribution in [2.24, 2.45) is 0 Å². The van der Waals surface area contributed by atoms with E-state index >= 15 is 0 Å². The van der Waals surface area contributed by atoms with Crippen LogP contribution in [0.4, 0.5) is 0 Å². The lowest BCUT2D eigenvalue weighted by molar-refractivity contribution is 0.911. The number of fused-ring (bicyclic) bond motifs is 1. The molecule has 12 heavy (non-hydrogen) atoms. The van der Waals surface area contributed by atoms with Crippen LogP contribution in [0.3, 0.4) is 0 Å². The Balaban J connectivity index is 2.26. The maximum atomic E-state index is 3.47. The van der Waals surface area contributed by atoms with E-state index in [-0.39, 0.29) is 0 Å². The predicted molar refractivity (Wildman–Crippen MR) is 56.0 cm³/mol. The van der Waals surface area contributed by atoms with Crippen LogP contribution in [0.2, 0.25) is 0 Å². The van der Waals surface area contributed by atoms with E-state index in [4.69, 9.17) is 0 Å². The molecular weight excluding hydrogens is 212 g/mol. The van der Waals surface area contributed by atoms with Crippen molar-refractivity contribution >= 4 is 15.9 Å². The number of aryl methyl sites for hydroxylation is 3. The molecule has 1 aliphatic rings. The molecule has 0 spiro atoms. The molecule has 0 bridgehead atoms. The van der Waals surface area contributed by atoms with Gasteiger partial charge in [0.25, 0.3) is 0 Å². The Labute approximate surface area is 82.1 Å². The summed E-state index contributed by atoms with van der Waals surface area (Å²) in [5, 5.41) is 1.08. The van der Waals surface area contributed by atoms with Gasteiger partial charge in [0.2, 0.25) is 0 Å². The molecular formula is C11H13Br. The highest BCUT2D eigenvalue weighted by Gasteiger charge is 2.09. The summed E-state index contributed by atoms with van der Waals surface area (Å²) in [6.07, 6.45) is 5.11. The largest absolute Gasteiger partial charge is 0.0924 e. The first-order valence-electron chi connectivity index (χ1n) is 4.57. The molecule has 0 aliphatic heterocycles. The third-order valence-corrected chi connectivity index (χ3v) is 2.94. The van der Waals surface area contributed by atoms with E-state index in [1.54, 1.807) is 11.1 Å². The van der Waals surface area contributed by atoms with Crippen LogP contribution in [0.25, 0.3) is 0 Å². The Kier molecular flexibility index (Phi) is 2.50. The number of hydrogen-bond acceptors (Lipinski definition) is 0. The zero-order valence-electron chi connectivity index (χ0n) is 7.15. The first kappa shape index (κ1) is 8.31. The normalized spacial score (nSPS) is 14.8. The number of rotatable bonds is 2. The maximum Gasteiger partial charge on any atom is 0.00718 e. The number of hydrogen-bond donors (Lipinski definition) is 0. The third kappa shape index (κ3) is 1.56. The lowest BCUT2D eigenvalue weighted by atomic mass is 10.1. The van der Waals surface area contributed by atoms with Crippen LogP contribution >= 0.6 is 15.9 Å². The van der Waals surface area contributed by atoms with Gasteiger partial charge in [-0.25, -0.2) is 0 Å². The third-order valence-electron chi connectivity index (χ3n) is 2.55. The van der Waals surface area contributed by atoms with Crippen molar-refractivity contribution in [2.45, 2.75) is 25.7 Å². The van der Waals surface area contributed by atoms with Gasteiger partial charge in [-0.05, 0) is 42.4 Å². The lowest BCUT2D eigenvalue weighted by Gasteiger charge is -2.02. The Hall–Kier alpha value is -0.300. The number of alkyl halides is 1. The van der Waals surface area contributed by atoms with Gasteiger partial charge in [0.15, 0.2) is 0 Å². The molecule has 1 heteroatoms. The van der Waals surface area contributed by atoms with Crippen molar-refractivity contribution in [3.8, 4) is 0 Å². The van der Waals surface area contributed by atoms with Gasteiger partial charge in [-0.2, -0.15) is 0 Å². The second kappa shape index (κ2) is 3.61. The predicted octanol–water partition coefficient (Wildman–Crippen LogP) is 3.11. The lowest BCUT2D eigenvalue weighted by Crippen LogP contribution is -1.89. The fourth-order valence-corrected chi connectivity index (χ4v) is 2.35. The van der Waals surface area contributed by atoms with E-state index < -0.39 is 0 Å². The molecule has 0 N–H and O–H groups in total. The highest BCUT2D eigenvalue weighted by Crippen LogP contribution is 2.22. The fraction of sp³-hybridized carbons (Fsp3) is 0.455. The van der Waals surface area contributed by atoms with Gasteiger partial charge < -0.3 is 0 Å². The minimum absolute atomic E-state index is 1.08.